The maximum atomic E-state index is 12.2. The van der Waals surface area contributed by atoms with Crippen molar-refractivity contribution < 1.29 is 9.53 Å². The highest BCUT2D eigenvalue weighted by atomic mass is 32.2. The molecule has 0 radical (unpaired) electrons. The molecular formula is C17H19NO2S. The first-order valence-electron chi connectivity index (χ1n) is 6.72. The van der Waals surface area contributed by atoms with Crippen LogP contribution in [-0.2, 0) is 12.3 Å². The van der Waals surface area contributed by atoms with Crippen LogP contribution in [0, 0.1) is 0 Å². The average Bonchev–Trinajstić information content (AvgIpc) is 2.53. The summed E-state index contributed by atoms with van der Waals surface area (Å²) in [6.07, 6.45) is 2.05. The Morgan fingerprint density at radius 1 is 1.14 bits per heavy atom. The fraction of sp³-hybridized carbons (Fsp3) is 0.235. The van der Waals surface area contributed by atoms with E-state index in [1.54, 1.807) is 18.9 Å². The van der Waals surface area contributed by atoms with Gasteiger partial charge in [0, 0.05) is 17.9 Å². The molecule has 0 spiro atoms. The van der Waals surface area contributed by atoms with Gasteiger partial charge in [0.25, 0.3) is 5.91 Å². The topological polar surface area (TPSA) is 38.3 Å². The number of carbonyl (C=O) groups is 1. The van der Waals surface area contributed by atoms with Crippen LogP contribution in [0.4, 0.5) is 0 Å². The van der Waals surface area contributed by atoms with E-state index in [1.165, 1.54) is 5.56 Å². The number of methoxy groups -OCH3 is 1. The third-order valence-corrected chi connectivity index (χ3v) is 3.73. The third-order valence-electron chi connectivity index (χ3n) is 3.11. The van der Waals surface area contributed by atoms with E-state index < -0.39 is 0 Å². The molecule has 1 N–H and O–H groups in total. The lowest BCUT2D eigenvalue weighted by molar-refractivity contribution is 0.0951. The second-order valence-electron chi connectivity index (χ2n) is 4.66. The van der Waals surface area contributed by atoms with Crippen molar-refractivity contribution in [2.45, 2.75) is 12.3 Å². The van der Waals surface area contributed by atoms with Gasteiger partial charge in [0.1, 0.15) is 5.75 Å². The molecule has 0 heterocycles. The number of hydrogen-bond acceptors (Lipinski definition) is 3. The van der Waals surface area contributed by atoms with Crippen molar-refractivity contribution in [2.24, 2.45) is 0 Å². The molecule has 2 rings (SSSR count). The van der Waals surface area contributed by atoms with Gasteiger partial charge >= 0.3 is 0 Å². The number of ether oxygens (including phenoxy) is 1. The van der Waals surface area contributed by atoms with Gasteiger partial charge in [-0.3, -0.25) is 4.79 Å². The molecule has 0 fully saturated rings. The summed E-state index contributed by atoms with van der Waals surface area (Å²) in [5.74, 6) is 1.68. The maximum Gasteiger partial charge on any atom is 0.251 e. The molecule has 0 saturated carbocycles. The first-order valence-corrected chi connectivity index (χ1v) is 8.11. The smallest absolute Gasteiger partial charge is 0.251 e. The molecule has 0 atom stereocenters. The Hall–Kier alpha value is -1.94. The summed E-state index contributed by atoms with van der Waals surface area (Å²) in [6.45, 7) is 0.510. The summed E-state index contributed by atoms with van der Waals surface area (Å²) >= 11 is 1.75. The second kappa shape index (κ2) is 7.74. The van der Waals surface area contributed by atoms with Crippen molar-refractivity contribution in [2.75, 3.05) is 13.4 Å². The zero-order chi connectivity index (χ0) is 15.1. The van der Waals surface area contributed by atoms with Gasteiger partial charge in [-0.1, -0.05) is 24.3 Å². The zero-order valence-electron chi connectivity index (χ0n) is 12.3. The van der Waals surface area contributed by atoms with Gasteiger partial charge in [-0.15, -0.1) is 0 Å². The summed E-state index contributed by atoms with van der Waals surface area (Å²) in [7, 11) is 1.64. The van der Waals surface area contributed by atoms with Crippen LogP contribution in [0.2, 0.25) is 0 Å². The average molecular weight is 301 g/mol. The minimum atomic E-state index is -0.0474. The molecule has 0 unspecified atom stereocenters. The monoisotopic (exact) mass is 301 g/mol. The molecular weight excluding hydrogens is 282 g/mol. The van der Waals surface area contributed by atoms with Crippen LogP contribution >= 0.6 is 11.8 Å². The molecule has 2 aromatic carbocycles. The van der Waals surface area contributed by atoms with E-state index in [4.69, 9.17) is 4.74 Å². The van der Waals surface area contributed by atoms with Gasteiger partial charge in [0.05, 0.1) is 7.11 Å². The summed E-state index contributed by atoms with van der Waals surface area (Å²) in [5, 5.41) is 2.94. The molecule has 1 amide bonds. The first-order chi connectivity index (χ1) is 10.2. The Bertz CT molecular complexity index is 596. The Balaban J connectivity index is 1.95. The molecule has 0 aromatic heterocycles. The lowest BCUT2D eigenvalue weighted by Gasteiger charge is -2.07. The molecule has 0 aliphatic carbocycles. The van der Waals surface area contributed by atoms with E-state index in [2.05, 4.69) is 11.6 Å². The molecule has 3 nitrogen and oxygen atoms in total. The van der Waals surface area contributed by atoms with Crippen molar-refractivity contribution in [3.05, 3.63) is 65.2 Å². The van der Waals surface area contributed by atoms with Crippen LogP contribution in [0.3, 0.4) is 0 Å². The van der Waals surface area contributed by atoms with E-state index in [9.17, 15) is 4.79 Å². The van der Waals surface area contributed by atoms with Crippen molar-refractivity contribution >= 4 is 17.7 Å². The number of nitrogens with one attached hydrogen (secondary N) is 1. The minimum absolute atomic E-state index is 0.0474. The van der Waals surface area contributed by atoms with E-state index >= 15 is 0 Å². The van der Waals surface area contributed by atoms with Crippen molar-refractivity contribution in [1.29, 1.82) is 0 Å². The quantitative estimate of drug-likeness (QED) is 0.887. The summed E-state index contributed by atoms with van der Waals surface area (Å²) in [5.41, 5.74) is 2.92. The van der Waals surface area contributed by atoms with E-state index in [1.807, 2.05) is 48.5 Å². The number of thioether (sulfide) groups is 1. The van der Waals surface area contributed by atoms with Gasteiger partial charge in [-0.05, 0) is 41.6 Å². The largest absolute Gasteiger partial charge is 0.497 e. The zero-order valence-corrected chi connectivity index (χ0v) is 13.1. The van der Waals surface area contributed by atoms with Crippen LogP contribution in [0.15, 0.2) is 48.5 Å². The summed E-state index contributed by atoms with van der Waals surface area (Å²) in [6, 6.07) is 15.4. The Kier molecular flexibility index (Phi) is 5.69. The van der Waals surface area contributed by atoms with Crippen LogP contribution in [0.25, 0.3) is 0 Å². The fourth-order valence-electron chi connectivity index (χ4n) is 2.00. The number of hydrogen-bond donors (Lipinski definition) is 1. The maximum absolute atomic E-state index is 12.2. The van der Waals surface area contributed by atoms with E-state index in [0.717, 1.165) is 17.1 Å². The van der Waals surface area contributed by atoms with E-state index in [0.29, 0.717) is 12.1 Å². The predicted molar refractivity (Wildman–Crippen MR) is 87.8 cm³/mol. The van der Waals surface area contributed by atoms with Gasteiger partial charge in [0.15, 0.2) is 0 Å². The van der Waals surface area contributed by atoms with Gasteiger partial charge in [0.2, 0.25) is 0 Å². The normalized spacial score (nSPS) is 10.2. The highest BCUT2D eigenvalue weighted by Crippen LogP contribution is 2.13. The lowest BCUT2D eigenvalue weighted by Crippen LogP contribution is -2.22. The van der Waals surface area contributed by atoms with Gasteiger partial charge in [-0.25, -0.2) is 0 Å². The molecule has 0 aliphatic heterocycles. The Morgan fingerprint density at radius 3 is 2.57 bits per heavy atom. The van der Waals surface area contributed by atoms with Crippen LogP contribution in [-0.4, -0.2) is 19.3 Å². The molecule has 110 valence electrons. The fourth-order valence-corrected chi connectivity index (χ4v) is 2.51. The molecule has 0 aliphatic rings. The number of amides is 1. The summed E-state index contributed by atoms with van der Waals surface area (Å²) < 4.78 is 5.11. The Morgan fingerprint density at radius 2 is 1.90 bits per heavy atom. The molecule has 0 saturated heterocycles. The second-order valence-corrected chi connectivity index (χ2v) is 5.53. The highest BCUT2D eigenvalue weighted by molar-refractivity contribution is 7.97. The number of rotatable bonds is 6. The standard InChI is InChI=1S/C17H19NO2S/c1-20-16-8-6-13(7-9-16)11-18-17(19)15-5-3-4-14(10-15)12-21-2/h3-10H,11-12H2,1-2H3,(H,18,19). The number of benzene rings is 2. The van der Waals surface area contributed by atoms with Crippen LogP contribution < -0.4 is 10.1 Å². The van der Waals surface area contributed by atoms with Crippen molar-refractivity contribution in [1.82, 2.24) is 5.32 Å². The van der Waals surface area contributed by atoms with Gasteiger partial charge < -0.3 is 10.1 Å². The minimum Gasteiger partial charge on any atom is -0.497 e. The van der Waals surface area contributed by atoms with Crippen LogP contribution in [0.1, 0.15) is 21.5 Å². The predicted octanol–water partition coefficient (Wildman–Crippen LogP) is 3.49. The number of carbonyl (C=O) groups excluding carboxylic acids is 1. The van der Waals surface area contributed by atoms with Crippen molar-refractivity contribution in [3.8, 4) is 5.75 Å². The third kappa shape index (κ3) is 4.53. The lowest BCUT2D eigenvalue weighted by atomic mass is 10.1. The van der Waals surface area contributed by atoms with E-state index in [-0.39, 0.29) is 5.91 Å². The molecule has 2 aromatic rings. The van der Waals surface area contributed by atoms with Crippen LogP contribution in [0.5, 0.6) is 5.75 Å². The first kappa shape index (κ1) is 15.4. The van der Waals surface area contributed by atoms with Crippen molar-refractivity contribution in [3.63, 3.8) is 0 Å². The highest BCUT2D eigenvalue weighted by Gasteiger charge is 2.06. The molecule has 4 heteroatoms. The van der Waals surface area contributed by atoms with Gasteiger partial charge in [-0.2, -0.15) is 11.8 Å². The SMILES string of the molecule is COc1ccc(CNC(=O)c2cccc(CSC)c2)cc1. The molecule has 21 heavy (non-hydrogen) atoms. The Labute approximate surface area is 129 Å². The summed E-state index contributed by atoms with van der Waals surface area (Å²) in [4.78, 5) is 12.2. The molecule has 0 bridgehead atoms.